The molecule has 0 fully saturated rings. The molecule has 0 aliphatic rings. The maximum absolute atomic E-state index is 11.5. The third-order valence-corrected chi connectivity index (χ3v) is 1.77. The second kappa shape index (κ2) is 5.76. The van der Waals surface area contributed by atoms with E-state index in [0.717, 1.165) is 0 Å². The molecule has 1 aromatic rings. The smallest absolute Gasteiger partial charge is 0.491 e. The zero-order valence-electron chi connectivity index (χ0n) is 11.5. The first kappa shape index (κ1) is 14.4. The topological polar surface area (TPSA) is 44.8 Å². The maximum Gasteiger partial charge on any atom is 0.514 e. The Morgan fingerprint density at radius 2 is 1.78 bits per heavy atom. The summed E-state index contributed by atoms with van der Waals surface area (Å²) in [5, 5.41) is 0. The third kappa shape index (κ3) is 5.57. The molecule has 0 bridgehead atoms. The van der Waals surface area contributed by atoms with Gasteiger partial charge in [-0.2, -0.15) is 0 Å². The van der Waals surface area contributed by atoms with Crippen LogP contribution in [0, 0.1) is 0 Å². The van der Waals surface area contributed by atoms with Gasteiger partial charge in [-0.3, -0.25) is 0 Å². The molecule has 4 heteroatoms. The van der Waals surface area contributed by atoms with Crippen LogP contribution in [0.2, 0.25) is 0 Å². The summed E-state index contributed by atoms with van der Waals surface area (Å²) >= 11 is 0. The largest absolute Gasteiger partial charge is 0.514 e. The van der Waals surface area contributed by atoms with Crippen LogP contribution in [-0.2, 0) is 4.74 Å². The van der Waals surface area contributed by atoms with Crippen molar-refractivity contribution in [2.24, 2.45) is 0 Å². The van der Waals surface area contributed by atoms with Crippen molar-refractivity contribution in [1.82, 2.24) is 0 Å². The SMILES string of the molecule is CC(C)Oc1cccc(OC(=O)OC(C)(C)C)c1. The fourth-order valence-electron chi connectivity index (χ4n) is 1.25. The minimum absolute atomic E-state index is 0.0711. The first-order valence-corrected chi connectivity index (χ1v) is 5.94. The molecule has 0 unspecified atom stereocenters. The van der Waals surface area contributed by atoms with Gasteiger partial charge in [0.25, 0.3) is 0 Å². The normalized spacial score (nSPS) is 11.2. The van der Waals surface area contributed by atoms with Gasteiger partial charge in [-0.25, -0.2) is 4.79 Å². The van der Waals surface area contributed by atoms with E-state index in [1.165, 1.54) is 0 Å². The van der Waals surface area contributed by atoms with Crippen LogP contribution < -0.4 is 9.47 Å². The maximum atomic E-state index is 11.5. The van der Waals surface area contributed by atoms with E-state index in [4.69, 9.17) is 14.2 Å². The van der Waals surface area contributed by atoms with E-state index in [2.05, 4.69) is 0 Å². The van der Waals surface area contributed by atoms with Gasteiger partial charge in [-0.15, -0.1) is 0 Å². The number of carbonyl (C=O) groups excluding carboxylic acids is 1. The van der Waals surface area contributed by atoms with Crippen LogP contribution in [0.15, 0.2) is 24.3 Å². The molecule has 4 nitrogen and oxygen atoms in total. The van der Waals surface area contributed by atoms with Gasteiger partial charge >= 0.3 is 6.16 Å². The summed E-state index contributed by atoms with van der Waals surface area (Å²) in [6.45, 7) is 9.22. The van der Waals surface area contributed by atoms with Crippen LogP contribution in [0.5, 0.6) is 11.5 Å². The summed E-state index contributed by atoms with van der Waals surface area (Å²) in [6, 6.07) is 6.90. The second-order valence-electron chi connectivity index (χ2n) is 5.21. The fourth-order valence-corrected chi connectivity index (χ4v) is 1.25. The Balaban J connectivity index is 2.65. The molecule has 1 rings (SSSR count). The van der Waals surface area contributed by atoms with Crippen LogP contribution in [0.25, 0.3) is 0 Å². The van der Waals surface area contributed by atoms with E-state index in [1.54, 1.807) is 39.0 Å². The number of hydrogen-bond acceptors (Lipinski definition) is 4. The number of ether oxygens (including phenoxy) is 3. The standard InChI is InChI=1S/C14H20O4/c1-10(2)16-11-7-6-8-12(9-11)17-13(15)18-14(3,4)5/h6-10H,1-5H3. The summed E-state index contributed by atoms with van der Waals surface area (Å²) in [6.07, 6.45) is -0.647. The van der Waals surface area contributed by atoms with Crippen LogP contribution in [0.1, 0.15) is 34.6 Å². The molecule has 0 spiro atoms. The Kier molecular flexibility index (Phi) is 4.59. The highest BCUT2D eigenvalue weighted by molar-refractivity contribution is 5.64. The van der Waals surface area contributed by atoms with E-state index in [1.807, 2.05) is 19.9 Å². The lowest BCUT2D eigenvalue weighted by atomic mass is 10.2. The van der Waals surface area contributed by atoms with Crippen LogP contribution in [-0.4, -0.2) is 17.9 Å². The molecular weight excluding hydrogens is 232 g/mol. The van der Waals surface area contributed by atoms with Gasteiger partial charge in [0.15, 0.2) is 0 Å². The van der Waals surface area contributed by atoms with Gasteiger partial charge in [0.2, 0.25) is 0 Å². The summed E-state index contributed by atoms with van der Waals surface area (Å²) < 4.78 is 15.6. The molecule has 0 aliphatic heterocycles. The zero-order valence-corrected chi connectivity index (χ0v) is 11.5. The van der Waals surface area contributed by atoms with E-state index >= 15 is 0 Å². The molecule has 18 heavy (non-hydrogen) atoms. The van der Waals surface area contributed by atoms with Gasteiger partial charge in [0.05, 0.1) is 6.10 Å². The highest BCUT2D eigenvalue weighted by Crippen LogP contribution is 2.21. The molecule has 0 saturated carbocycles. The molecule has 0 saturated heterocycles. The lowest BCUT2D eigenvalue weighted by Crippen LogP contribution is -2.25. The number of rotatable bonds is 3. The third-order valence-electron chi connectivity index (χ3n) is 1.77. The van der Waals surface area contributed by atoms with Crippen molar-refractivity contribution in [2.75, 3.05) is 0 Å². The van der Waals surface area contributed by atoms with Crippen molar-refractivity contribution in [3.63, 3.8) is 0 Å². The van der Waals surface area contributed by atoms with Crippen molar-refractivity contribution in [3.05, 3.63) is 24.3 Å². The molecule has 0 amide bonds. The van der Waals surface area contributed by atoms with Crippen LogP contribution >= 0.6 is 0 Å². The molecule has 0 radical (unpaired) electrons. The predicted molar refractivity (Wildman–Crippen MR) is 69.1 cm³/mol. The van der Waals surface area contributed by atoms with Crippen molar-refractivity contribution in [2.45, 2.75) is 46.3 Å². The molecule has 0 N–H and O–H groups in total. The van der Waals surface area contributed by atoms with Crippen molar-refractivity contribution < 1.29 is 19.0 Å². The Labute approximate surface area is 108 Å². The molecule has 0 aromatic heterocycles. The van der Waals surface area contributed by atoms with E-state index in [9.17, 15) is 4.79 Å². The highest BCUT2D eigenvalue weighted by atomic mass is 16.7. The van der Waals surface area contributed by atoms with Crippen LogP contribution in [0.3, 0.4) is 0 Å². The summed E-state index contributed by atoms with van der Waals surface area (Å²) in [5.74, 6) is 1.06. The fraction of sp³-hybridized carbons (Fsp3) is 0.500. The molecule has 0 aliphatic carbocycles. The summed E-state index contributed by atoms with van der Waals surface area (Å²) in [4.78, 5) is 11.5. The predicted octanol–water partition coefficient (Wildman–Crippen LogP) is 3.79. The van der Waals surface area contributed by atoms with Gasteiger partial charge in [0.1, 0.15) is 17.1 Å². The minimum Gasteiger partial charge on any atom is -0.491 e. The Bertz CT molecular complexity index is 405. The van der Waals surface area contributed by atoms with E-state index < -0.39 is 11.8 Å². The first-order valence-electron chi connectivity index (χ1n) is 5.94. The summed E-state index contributed by atoms with van der Waals surface area (Å²) in [5.41, 5.74) is -0.566. The Morgan fingerprint density at radius 1 is 1.17 bits per heavy atom. The molecule has 0 heterocycles. The number of benzene rings is 1. The lowest BCUT2D eigenvalue weighted by molar-refractivity contribution is 0.0206. The highest BCUT2D eigenvalue weighted by Gasteiger charge is 2.18. The van der Waals surface area contributed by atoms with E-state index in [-0.39, 0.29) is 6.10 Å². The van der Waals surface area contributed by atoms with Gasteiger partial charge in [-0.1, -0.05) is 6.07 Å². The Hall–Kier alpha value is -1.71. The molecular formula is C14H20O4. The van der Waals surface area contributed by atoms with Gasteiger partial charge < -0.3 is 14.2 Å². The summed E-state index contributed by atoms with van der Waals surface area (Å²) in [7, 11) is 0. The number of hydrogen-bond donors (Lipinski definition) is 0. The number of carbonyl (C=O) groups is 1. The molecule has 1 aromatic carbocycles. The van der Waals surface area contributed by atoms with Crippen molar-refractivity contribution in [3.8, 4) is 11.5 Å². The second-order valence-corrected chi connectivity index (χ2v) is 5.21. The average molecular weight is 252 g/mol. The van der Waals surface area contributed by atoms with Crippen molar-refractivity contribution >= 4 is 6.16 Å². The lowest BCUT2D eigenvalue weighted by Gasteiger charge is -2.18. The first-order chi connectivity index (χ1) is 8.26. The quantitative estimate of drug-likeness (QED) is 0.606. The average Bonchev–Trinajstić information content (AvgIpc) is 2.13. The zero-order chi connectivity index (χ0) is 13.8. The van der Waals surface area contributed by atoms with Gasteiger partial charge in [0, 0.05) is 6.07 Å². The monoisotopic (exact) mass is 252 g/mol. The minimum atomic E-state index is -0.718. The van der Waals surface area contributed by atoms with Crippen molar-refractivity contribution in [1.29, 1.82) is 0 Å². The van der Waals surface area contributed by atoms with E-state index in [0.29, 0.717) is 11.5 Å². The molecule has 0 atom stereocenters. The molecule has 100 valence electrons. The van der Waals surface area contributed by atoms with Crippen LogP contribution in [0.4, 0.5) is 4.79 Å². The Morgan fingerprint density at radius 3 is 2.33 bits per heavy atom. The van der Waals surface area contributed by atoms with Gasteiger partial charge in [-0.05, 0) is 46.8 Å².